The van der Waals surface area contributed by atoms with Crippen LogP contribution in [0.3, 0.4) is 0 Å². The lowest BCUT2D eigenvalue weighted by Gasteiger charge is -2.24. The number of benzene rings is 1. The molecule has 0 amide bonds. The van der Waals surface area contributed by atoms with Gasteiger partial charge in [0.25, 0.3) is 0 Å². The molecule has 25 heavy (non-hydrogen) atoms. The summed E-state index contributed by atoms with van der Waals surface area (Å²) >= 11 is 0. The van der Waals surface area contributed by atoms with Crippen LogP contribution in [0.1, 0.15) is 28.1 Å². The maximum Gasteiger partial charge on any atom is 0.137 e. The molecule has 0 saturated carbocycles. The summed E-state index contributed by atoms with van der Waals surface area (Å²) < 4.78 is 2.48. The van der Waals surface area contributed by atoms with Crippen LogP contribution in [0, 0.1) is 13.8 Å². The second kappa shape index (κ2) is 6.19. The first-order chi connectivity index (χ1) is 12.0. The molecule has 0 aliphatic carbocycles. The summed E-state index contributed by atoms with van der Waals surface area (Å²) in [6.07, 6.45) is 3.85. The Balaban J connectivity index is 1.72. The van der Waals surface area contributed by atoms with Gasteiger partial charge in [0.2, 0.25) is 0 Å². The fourth-order valence-electron chi connectivity index (χ4n) is 3.89. The highest BCUT2D eigenvalue weighted by atomic mass is 16.3. The predicted octanol–water partition coefficient (Wildman–Crippen LogP) is 3.59. The number of hydrogen-bond donors (Lipinski definition) is 1. The van der Waals surface area contributed by atoms with Gasteiger partial charge in [0.1, 0.15) is 5.75 Å². The standard InChI is InChI=1S/C21H25N3O/c1-14-4-5-19-17(10-14)18-13-23(3)8-7-20(18)24(19)9-6-16-11-21(25)15(2)22-12-16/h4-5,10-12,25H,6-9,13H2,1-3H3. The van der Waals surface area contributed by atoms with Crippen molar-refractivity contribution >= 4 is 10.9 Å². The van der Waals surface area contributed by atoms with E-state index in [-0.39, 0.29) is 5.75 Å². The molecule has 4 nitrogen and oxygen atoms in total. The van der Waals surface area contributed by atoms with Crippen molar-refractivity contribution < 1.29 is 5.11 Å². The molecule has 4 rings (SSSR count). The Morgan fingerprint density at radius 1 is 1.20 bits per heavy atom. The molecule has 1 aromatic carbocycles. The largest absolute Gasteiger partial charge is 0.506 e. The number of likely N-dealkylation sites (N-methyl/N-ethyl adjacent to an activating group) is 1. The van der Waals surface area contributed by atoms with Gasteiger partial charge in [-0.15, -0.1) is 0 Å². The molecule has 1 aliphatic rings. The summed E-state index contributed by atoms with van der Waals surface area (Å²) in [4.78, 5) is 6.68. The second-order valence-electron chi connectivity index (χ2n) is 7.28. The van der Waals surface area contributed by atoms with Gasteiger partial charge in [0.15, 0.2) is 0 Å². The van der Waals surface area contributed by atoms with Gasteiger partial charge in [0.05, 0.1) is 5.69 Å². The topological polar surface area (TPSA) is 41.3 Å². The Morgan fingerprint density at radius 3 is 2.84 bits per heavy atom. The summed E-state index contributed by atoms with van der Waals surface area (Å²) in [5.74, 6) is 0.286. The van der Waals surface area contributed by atoms with Crippen molar-refractivity contribution in [3.63, 3.8) is 0 Å². The average Bonchev–Trinajstić information content (AvgIpc) is 2.88. The van der Waals surface area contributed by atoms with Gasteiger partial charge in [-0.2, -0.15) is 0 Å². The fourth-order valence-corrected chi connectivity index (χ4v) is 3.89. The predicted molar refractivity (Wildman–Crippen MR) is 101 cm³/mol. The van der Waals surface area contributed by atoms with Crippen LogP contribution in [-0.2, 0) is 25.9 Å². The van der Waals surface area contributed by atoms with Crippen LogP contribution in [0.4, 0.5) is 0 Å². The van der Waals surface area contributed by atoms with Crippen molar-refractivity contribution in [1.82, 2.24) is 14.5 Å². The van der Waals surface area contributed by atoms with Crippen LogP contribution in [0.25, 0.3) is 10.9 Å². The molecule has 1 aliphatic heterocycles. The molecule has 1 N–H and O–H groups in total. The minimum atomic E-state index is 0.286. The van der Waals surface area contributed by atoms with E-state index in [1.54, 1.807) is 0 Å². The molecule has 0 radical (unpaired) electrons. The third-order valence-corrected chi connectivity index (χ3v) is 5.34. The van der Waals surface area contributed by atoms with E-state index in [0.717, 1.165) is 38.0 Å². The van der Waals surface area contributed by atoms with E-state index in [9.17, 15) is 5.11 Å². The molecule has 4 heteroatoms. The lowest BCUT2D eigenvalue weighted by atomic mass is 10.0. The van der Waals surface area contributed by atoms with Gasteiger partial charge < -0.3 is 14.6 Å². The van der Waals surface area contributed by atoms with Gasteiger partial charge in [-0.05, 0) is 56.6 Å². The van der Waals surface area contributed by atoms with E-state index in [1.165, 1.54) is 27.7 Å². The fraction of sp³-hybridized carbons (Fsp3) is 0.381. The Hall–Kier alpha value is -2.33. The number of pyridine rings is 1. The van der Waals surface area contributed by atoms with Crippen LogP contribution < -0.4 is 0 Å². The van der Waals surface area contributed by atoms with E-state index < -0.39 is 0 Å². The number of hydrogen-bond acceptors (Lipinski definition) is 3. The second-order valence-corrected chi connectivity index (χ2v) is 7.28. The summed E-state index contributed by atoms with van der Waals surface area (Å²) in [6.45, 7) is 7.04. The molecule has 0 spiro atoms. The quantitative estimate of drug-likeness (QED) is 0.795. The zero-order valence-corrected chi connectivity index (χ0v) is 15.2. The number of rotatable bonds is 3. The Morgan fingerprint density at radius 2 is 2.04 bits per heavy atom. The maximum absolute atomic E-state index is 9.91. The van der Waals surface area contributed by atoms with E-state index in [1.807, 2.05) is 19.2 Å². The molecule has 0 unspecified atom stereocenters. The minimum Gasteiger partial charge on any atom is -0.506 e. The number of fused-ring (bicyclic) bond motifs is 3. The van der Waals surface area contributed by atoms with Crippen LogP contribution in [-0.4, -0.2) is 33.1 Å². The first-order valence-electron chi connectivity index (χ1n) is 8.96. The van der Waals surface area contributed by atoms with E-state index >= 15 is 0 Å². The first-order valence-corrected chi connectivity index (χ1v) is 8.96. The van der Waals surface area contributed by atoms with Crippen LogP contribution in [0.2, 0.25) is 0 Å². The lowest BCUT2D eigenvalue weighted by molar-refractivity contribution is 0.309. The summed E-state index contributed by atoms with van der Waals surface area (Å²) in [7, 11) is 2.20. The molecule has 130 valence electrons. The van der Waals surface area contributed by atoms with Gasteiger partial charge in [-0.3, -0.25) is 4.98 Å². The summed E-state index contributed by atoms with van der Waals surface area (Å²) in [5, 5.41) is 11.3. The minimum absolute atomic E-state index is 0.286. The smallest absolute Gasteiger partial charge is 0.137 e. The molecule has 0 atom stereocenters. The van der Waals surface area contributed by atoms with Gasteiger partial charge in [-0.1, -0.05) is 11.6 Å². The lowest BCUT2D eigenvalue weighted by Crippen LogP contribution is -2.27. The van der Waals surface area contributed by atoms with Crippen molar-refractivity contribution in [2.75, 3.05) is 13.6 Å². The van der Waals surface area contributed by atoms with Crippen molar-refractivity contribution in [2.45, 2.75) is 39.8 Å². The van der Waals surface area contributed by atoms with Crippen LogP contribution in [0.15, 0.2) is 30.5 Å². The van der Waals surface area contributed by atoms with E-state index in [0.29, 0.717) is 5.69 Å². The monoisotopic (exact) mass is 335 g/mol. The molecular formula is C21H25N3O. The maximum atomic E-state index is 9.91. The Kier molecular flexibility index (Phi) is 4.00. The molecular weight excluding hydrogens is 310 g/mol. The summed E-state index contributed by atoms with van der Waals surface area (Å²) in [5.41, 5.74) is 7.37. The molecule has 0 saturated heterocycles. The van der Waals surface area contributed by atoms with Crippen molar-refractivity contribution in [2.24, 2.45) is 0 Å². The Bertz CT molecular complexity index is 942. The number of aryl methyl sites for hydroxylation is 4. The van der Waals surface area contributed by atoms with Crippen LogP contribution in [0.5, 0.6) is 5.75 Å². The van der Waals surface area contributed by atoms with E-state index in [4.69, 9.17) is 0 Å². The number of aromatic nitrogens is 2. The third kappa shape index (κ3) is 2.91. The van der Waals surface area contributed by atoms with Crippen molar-refractivity contribution in [1.29, 1.82) is 0 Å². The molecule has 0 bridgehead atoms. The van der Waals surface area contributed by atoms with Gasteiger partial charge in [0, 0.05) is 48.8 Å². The number of aromatic hydroxyl groups is 1. The molecule has 3 heterocycles. The highest BCUT2D eigenvalue weighted by Gasteiger charge is 2.22. The molecule has 2 aromatic heterocycles. The number of nitrogens with zero attached hydrogens (tertiary/aromatic N) is 3. The van der Waals surface area contributed by atoms with Crippen molar-refractivity contribution in [3.8, 4) is 5.75 Å². The van der Waals surface area contributed by atoms with Crippen molar-refractivity contribution in [3.05, 3.63) is 58.5 Å². The van der Waals surface area contributed by atoms with Gasteiger partial charge >= 0.3 is 0 Å². The zero-order chi connectivity index (χ0) is 17.6. The van der Waals surface area contributed by atoms with E-state index in [2.05, 4.69) is 46.6 Å². The molecule has 3 aromatic rings. The van der Waals surface area contributed by atoms with Crippen LogP contribution >= 0.6 is 0 Å². The van der Waals surface area contributed by atoms with Gasteiger partial charge in [-0.25, -0.2) is 0 Å². The zero-order valence-electron chi connectivity index (χ0n) is 15.2. The first kappa shape index (κ1) is 16.2. The SMILES string of the molecule is Cc1ccc2c(c1)c1c(n2CCc2cnc(C)c(O)c2)CCN(C)C1. The summed E-state index contributed by atoms with van der Waals surface area (Å²) in [6, 6.07) is 8.63. The third-order valence-electron chi connectivity index (χ3n) is 5.34. The normalized spacial score (nSPS) is 14.8. The highest BCUT2D eigenvalue weighted by Crippen LogP contribution is 2.31. The highest BCUT2D eigenvalue weighted by molar-refractivity contribution is 5.86. The average molecular weight is 335 g/mol. The Labute approximate surface area is 148 Å². The molecule has 0 fully saturated rings.